The average molecular weight is 459 g/mol. The molecule has 0 fully saturated rings. The second-order valence-corrected chi connectivity index (χ2v) is 7.84. The van der Waals surface area contributed by atoms with E-state index in [0.29, 0.717) is 39.5 Å². The smallest absolute Gasteiger partial charge is 0.266 e. The Kier molecular flexibility index (Phi) is 6.65. The molecule has 7 nitrogen and oxygen atoms in total. The molecule has 0 aliphatic rings. The van der Waals surface area contributed by atoms with Crippen LogP contribution in [-0.2, 0) is 0 Å². The van der Waals surface area contributed by atoms with Gasteiger partial charge in [0, 0.05) is 5.56 Å². The third kappa shape index (κ3) is 4.38. The molecule has 2 N–H and O–H groups in total. The number of rotatable bonds is 7. The minimum absolute atomic E-state index is 0.00804. The van der Waals surface area contributed by atoms with Crippen molar-refractivity contribution in [3.8, 4) is 22.9 Å². The summed E-state index contributed by atoms with van der Waals surface area (Å²) in [7, 11) is 1.49. The number of hydrogen-bond donors (Lipinski definition) is 2. The molecule has 0 bridgehead atoms. The van der Waals surface area contributed by atoms with Crippen LogP contribution in [0.5, 0.6) is 17.2 Å². The monoisotopic (exact) mass is 458 g/mol. The molecule has 4 aromatic rings. The fourth-order valence-corrected chi connectivity index (χ4v) is 4.00. The predicted molar refractivity (Wildman–Crippen MR) is 133 cm³/mol. The van der Waals surface area contributed by atoms with Crippen LogP contribution in [0.1, 0.15) is 22.5 Å². The molecule has 1 aromatic heterocycles. The topological polar surface area (TPSA) is 93.8 Å². The highest BCUT2D eigenvalue weighted by Crippen LogP contribution is 2.31. The number of phenolic OH excluding ortho intramolecular Hbond substituents is 1. The number of aromatic hydroxyl groups is 1. The standard InChI is InChI=1S/C27H26N2O5/c1-17-15-20(34-14-13-30)16-18(2)25(17)29-24(28-22-9-5-4-8-21(22)27(29)32)12-11-19-7-6-10-23(33-3)26(19)31/h4-12,15-16,30-31H,13-14H2,1-3H3. The fraction of sp³-hybridized carbons (Fsp3) is 0.185. The summed E-state index contributed by atoms with van der Waals surface area (Å²) in [5.74, 6) is 1.40. The third-order valence-corrected chi connectivity index (χ3v) is 5.51. The zero-order valence-corrected chi connectivity index (χ0v) is 19.3. The number of nitrogens with zero attached hydrogens (tertiary/aromatic N) is 2. The number of aryl methyl sites for hydroxylation is 2. The van der Waals surface area contributed by atoms with Crippen molar-refractivity contribution in [2.24, 2.45) is 0 Å². The van der Waals surface area contributed by atoms with Gasteiger partial charge in [-0.3, -0.25) is 9.36 Å². The predicted octanol–water partition coefficient (Wildman–Crippen LogP) is 4.26. The van der Waals surface area contributed by atoms with Crippen LogP contribution in [0.3, 0.4) is 0 Å². The SMILES string of the molecule is COc1cccc(C=Cc2nc3ccccc3c(=O)n2-c2c(C)cc(OCCO)cc2C)c1O. The van der Waals surface area contributed by atoms with E-state index in [-0.39, 0.29) is 24.5 Å². The molecule has 4 rings (SSSR count). The number of hydrogen-bond acceptors (Lipinski definition) is 6. The second-order valence-electron chi connectivity index (χ2n) is 7.84. The molecule has 1 heterocycles. The van der Waals surface area contributed by atoms with Crippen LogP contribution in [0.2, 0.25) is 0 Å². The molecule has 0 saturated heterocycles. The first kappa shape index (κ1) is 23.1. The Bertz CT molecular complexity index is 1420. The van der Waals surface area contributed by atoms with Gasteiger partial charge in [0.05, 0.1) is 30.3 Å². The second kappa shape index (κ2) is 9.80. The normalized spacial score (nSPS) is 11.3. The molecule has 0 aliphatic carbocycles. The molecule has 0 radical (unpaired) electrons. The first-order chi connectivity index (χ1) is 16.4. The highest BCUT2D eigenvalue weighted by Gasteiger charge is 2.16. The quantitative estimate of drug-likeness (QED) is 0.430. The number of aliphatic hydroxyl groups excluding tert-OH is 1. The third-order valence-electron chi connectivity index (χ3n) is 5.51. The maximum absolute atomic E-state index is 13.6. The fourth-order valence-electron chi connectivity index (χ4n) is 4.00. The summed E-state index contributed by atoms with van der Waals surface area (Å²) < 4.78 is 12.3. The van der Waals surface area contributed by atoms with Crippen molar-refractivity contribution >= 4 is 23.1 Å². The first-order valence-electron chi connectivity index (χ1n) is 10.9. The lowest BCUT2D eigenvalue weighted by Crippen LogP contribution is -2.24. The zero-order chi connectivity index (χ0) is 24.2. The summed E-state index contributed by atoms with van der Waals surface area (Å²) >= 11 is 0. The van der Waals surface area contributed by atoms with Crippen molar-refractivity contribution in [3.05, 3.63) is 87.5 Å². The van der Waals surface area contributed by atoms with Gasteiger partial charge in [0.1, 0.15) is 18.2 Å². The van der Waals surface area contributed by atoms with Crippen molar-refractivity contribution in [2.45, 2.75) is 13.8 Å². The lowest BCUT2D eigenvalue weighted by molar-refractivity contribution is 0.201. The van der Waals surface area contributed by atoms with Gasteiger partial charge in [0.25, 0.3) is 5.56 Å². The van der Waals surface area contributed by atoms with E-state index >= 15 is 0 Å². The van der Waals surface area contributed by atoms with E-state index in [1.54, 1.807) is 47.1 Å². The van der Waals surface area contributed by atoms with Gasteiger partial charge in [-0.25, -0.2) is 4.98 Å². The van der Waals surface area contributed by atoms with Crippen LogP contribution in [-0.4, -0.2) is 40.1 Å². The Morgan fingerprint density at radius 2 is 1.76 bits per heavy atom. The lowest BCUT2D eigenvalue weighted by atomic mass is 10.1. The van der Waals surface area contributed by atoms with Crippen LogP contribution in [0, 0.1) is 13.8 Å². The molecular formula is C27H26N2O5. The molecule has 0 saturated carbocycles. The summed E-state index contributed by atoms with van der Waals surface area (Å²) in [5.41, 5.74) is 3.27. The summed E-state index contributed by atoms with van der Waals surface area (Å²) in [6.45, 7) is 3.90. The van der Waals surface area contributed by atoms with Gasteiger partial charge in [-0.15, -0.1) is 0 Å². The molecule has 7 heteroatoms. The first-order valence-corrected chi connectivity index (χ1v) is 10.9. The number of aliphatic hydroxyl groups is 1. The van der Waals surface area contributed by atoms with Crippen LogP contribution < -0.4 is 15.0 Å². The molecule has 0 unspecified atom stereocenters. The van der Waals surface area contributed by atoms with Gasteiger partial charge < -0.3 is 19.7 Å². The Labute approximate surface area is 197 Å². The molecule has 34 heavy (non-hydrogen) atoms. The van der Waals surface area contributed by atoms with Crippen molar-refractivity contribution < 1.29 is 19.7 Å². The molecular weight excluding hydrogens is 432 g/mol. The number of aromatic nitrogens is 2. The number of methoxy groups -OCH3 is 1. The number of fused-ring (bicyclic) bond motifs is 1. The minimum Gasteiger partial charge on any atom is -0.504 e. The van der Waals surface area contributed by atoms with E-state index in [4.69, 9.17) is 19.6 Å². The van der Waals surface area contributed by atoms with Crippen LogP contribution in [0.4, 0.5) is 0 Å². The number of para-hydroxylation sites is 2. The van der Waals surface area contributed by atoms with E-state index in [9.17, 15) is 9.90 Å². The van der Waals surface area contributed by atoms with Gasteiger partial charge in [0.15, 0.2) is 11.5 Å². The molecule has 3 aromatic carbocycles. The number of ether oxygens (including phenoxy) is 2. The van der Waals surface area contributed by atoms with Gasteiger partial charge >= 0.3 is 0 Å². The van der Waals surface area contributed by atoms with Crippen molar-refractivity contribution in [1.82, 2.24) is 9.55 Å². The zero-order valence-electron chi connectivity index (χ0n) is 19.3. The summed E-state index contributed by atoms with van der Waals surface area (Å²) in [4.78, 5) is 18.4. The Morgan fingerprint density at radius 1 is 1.03 bits per heavy atom. The van der Waals surface area contributed by atoms with E-state index in [1.807, 2.05) is 38.1 Å². The van der Waals surface area contributed by atoms with Gasteiger partial charge in [-0.2, -0.15) is 0 Å². The van der Waals surface area contributed by atoms with Gasteiger partial charge in [-0.05, 0) is 67.5 Å². The Hall–Kier alpha value is -4.10. The minimum atomic E-state index is -0.199. The number of benzene rings is 3. The number of phenols is 1. The summed E-state index contributed by atoms with van der Waals surface area (Å²) in [5, 5.41) is 20.0. The van der Waals surface area contributed by atoms with Crippen LogP contribution >= 0.6 is 0 Å². The Morgan fingerprint density at radius 3 is 2.47 bits per heavy atom. The average Bonchev–Trinajstić information content (AvgIpc) is 2.83. The van der Waals surface area contributed by atoms with Crippen LogP contribution in [0.15, 0.2) is 59.4 Å². The Balaban J connectivity index is 1.93. The van der Waals surface area contributed by atoms with Crippen molar-refractivity contribution in [3.63, 3.8) is 0 Å². The van der Waals surface area contributed by atoms with Crippen molar-refractivity contribution in [1.29, 1.82) is 0 Å². The molecule has 0 aliphatic heterocycles. The van der Waals surface area contributed by atoms with Crippen LogP contribution in [0.25, 0.3) is 28.7 Å². The van der Waals surface area contributed by atoms with E-state index in [0.717, 1.165) is 11.1 Å². The molecule has 174 valence electrons. The van der Waals surface area contributed by atoms with E-state index in [1.165, 1.54) is 7.11 Å². The maximum Gasteiger partial charge on any atom is 0.266 e. The van der Waals surface area contributed by atoms with Gasteiger partial charge in [0.2, 0.25) is 0 Å². The summed E-state index contributed by atoms with van der Waals surface area (Å²) in [6.07, 6.45) is 3.41. The molecule has 0 spiro atoms. The molecule has 0 atom stereocenters. The highest BCUT2D eigenvalue weighted by molar-refractivity contribution is 5.81. The van der Waals surface area contributed by atoms with E-state index in [2.05, 4.69) is 0 Å². The highest BCUT2D eigenvalue weighted by atomic mass is 16.5. The largest absolute Gasteiger partial charge is 0.504 e. The van der Waals surface area contributed by atoms with Crippen molar-refractivity contribution in [2.75, 3.05) is 20.3 Å². The molecule has 0 amide bonds. The van der Waals surface area contributed by atoms with Gasteiger partial charge in [-0.1, -0.05) is 24.3 Å². The van der Waals surface area contributed by atoms with E-state index < -0.39 is 0 Å². The lowest BCUT2D eigenvalue weighted by Gasteiger charge is -2.18. The summed E-state index contributed by atoms with van der Waals surface area (Å²) in [6, 6.07) is 16.1. The maximum atomic E-state index is 13.6.